The van der Waals surface area contributed by atoms with Crippen LogP contribution in [0.3, 0.4) is 0 Å². The minimum Gasteiger partial charge on any atom is -0.481 e. The number of anilines is 1. The van der Waals surface area contributed by atoms with Crippen molar-refractivity contribution in [3.8, 4) is 5.75 Å². The molecule has 2 aromatic rings. The predicted octanol–water partition coefficient (Wildman–Crippen LogP) is 3.75. The fraction of sp³-hybridized carbons (Fsp3) is 0.176. The Balaban J connectivity index is 2.10. The number of hydrogen-bond acceptors (Lipinski definition) is 3. The van der Waals surface area contributed by atoms with E-state index in [1.165, 1.54) is 12.1 Å². The molecule has 0 aliphatic carbocycles. The second kappa shape index (κ2) is 7.15. The summed E-state index contributed by atoms with van der Waals surface area (Å²) in [5, 5.41) is 12.3. The van der Waals surface area contributed by atoms with Crippen LogP contribution in [0.4, 0.5) is 5.69 Å². The largest absolute Gasteiger partial charge is 0.481 e. The molecule has 0 aliphatic rings. The van der Waals surface area contributed by atoms with E-state index in [0.717, 1.165) is 5.56 Å². The highest BCUT2D eigenvalue weighted by atomic mass is 35.5. The summed E-state index contributed by atoms with van der Waals surface area (Å²) in [6.45, 7) is 3.42. The monoisotopic (exact) mass is 333 g/mol. The maximum atomic E-state index is 12.2. The molecule has 0 aromatic heterocycles. The number of amides is 1. The zero-order valence-electron chi connectivity index (χ0n) is 12.7. The van der Waals surface area contributed by atoms with Gasteiger partial charge in [0, 0.05) is 5.02 Å². The number of rotatable bonds is 5. The van der Waals surface area contributed by atoms with Gasteiger partial charge in [0.25, 0.3) is 5.91 Å². The third kappa shape index (κ3) is 4.23. The smallest absolute Gasteiger partial charge is 0.337 e. The fourth-order valence-electron chi connectivity index (χ4n) is 2.00. The van der Waals surface area contributed by atoms with E-state index >= 15 is 0 Å². The average molecular weight is 334 g/mol. The van der Waals surface area contributed by atoms with Gasteiger partial charge in [-0.3, -0.25) is 4.79 Å². The zero-order valence-corrected chi connectivity index (χ0v) is 13.4. The van der Waals surface area contributed by atoms with Crippen LogP contribution in [0.25, 0.3) is 0 Å². The van der Waals surface area contributed by atoms with Gasteiger partial charge in [-0.2, -0.15) is 0 Å². The van der Waals surface area contributed by atoms with Crippen LogP contribution in [0.2, 0.25) is 5.02 Å². The second-order valence-electron chi connectivity index (χ2n) is 5.01. The number of carboxylic acids is 1. The van der Waals surface area contributed by atoms with Crippen LogP contribution in [0.1, 0.15) is 22.8 Å². The quantitative estimate of drug-likeness (QED) is 0.873. The molecule has 2 N–H and O–H groups in total. The minimum atomic E-state index is -1.11. The highest BCUT2D eigenvalue weighted by molar-refractivity contribution is 6.30. The summed E-state index contributed by atoms with van der Waals surface area (Å²) in [7, 11) is 0. The average Bonchev–Trinajstić information content (AvgIpc) is 2.50. The van der Waals surface area contributed by atoms with E-state index < -0.39 is 18.0 Å². The molecule has 1 unspecified atom stereocenters. The van der Waals surface area contributed by atoms with Crippen LogP contribution in [0.15, 0.2) is 42.5 Å². The zero-order chi connectivity index (χ0) is 17.0. The lowest BCUT2D eigenvalue weighted by atomic mass is 10.1. The first-order valence-corrected chi connectivity index (χ1v) is 7.32. The van der Waals surface area contributed by atoms with Gasteiger partial charge in [0.05, 0.1) is 11.3 Å². The van der Waals surface area contributed by atoms with Crippen molar-refractivity contribution in [3.63, 3.8) is 0 Å². The molecule has 6 heteroatoms. The van der Waals surface area contributed by atoms with Gasteiger partial charge in [0.2, 0.25) is 0 Å². The molecule has 0 saturated heterocycles. The van der Waals surface area contributed by atoms with E-state index in [1.807, 2.05) is 6.92 Å². The number of benzene rings is 2. The first kappa shape index (κ1) is 16.8. The number of para-hydroxylation sites is 1. The van der Waals surface area contributed by atoms with Crippen LogP contribution in [0.5, 0.6) is 5.75 Å². The van der Waals surface area contributed by atoms with Crippen molar-refractivity contribution in [3.05, 3.63) is 58.6 Å². The molecule has 1 atom stereocenters. The van der Waals surface area contributed by atoms with Gasteiger partial charge in [0.1, 0.15) is 5.75 Å². The van der Waals surface area contributed by atoms with Gasteiger partial charge < -0.3 is 15.2 Å². The molecular weight excluding hydrogens is 318 g/mol. The Labute approximate surface area is 138 Å². The summed E-state index contributed by atoms with van der Waals surface area (Å²) in [4.78, 5) is 23.4. The summed E-state index contributed by atoms with van der Waals surface area (Å²) in [5.41, 5.74) is 1.06. The molecule has 0 spiro atoms. The van der Waals surface area contributed by atoms with E-state index in [4.69, 9.17) is 21.4 Å². The van der Waals surface area contributed by atoms with E-state index in [2.05, 4.69) is 5.32 Å². The van der Waals surface area contributed by atoms with Crippen LogP contribution in [-0.2, 0) is 4.79 Å². The summed E-state index contributed by atoms with van der Waals surface area (Å²) in [6.07, 6.45) is -0.795. The van der Waals surface area contributed by atoms with Crippen molar-refractivity contribution < 1.29 is 19.4 Å². The van der Waals surface area contributed by atoms with E-state index in [-0.39, 0.29) is 11.3 Å². The Bertz CT molecular complexity index is 745. The summed E-state index contributed by atoms with van der Waals surface area (Å²) >= 11 is 5.88. The minimum absolute atomic E-state index is 0.0238. The van der Waals surface area contributed by atoms with Gasteiger partial charge in [0.15, 0.2) is 6.10 Å². The normalized spacial score (nSPS) is 11.6. The molecule has 0 radical (unpaired) electrons. The Hall–Kier alpha value is -2.53. The van der Waals surface area contributed by atoms with Crippen molar-refractivity contribution in [2.45, 2.75) is 20.0 Å². The van der Waals surface area contributed by atoms with Crippen LogP contribution >= 0.6 is 11.6 Å². The number of carbonyl (C=O) groups is 2. The van der Waals surface area contributed by atoms with Gasteiger partial charge in [-0.05, 0) is 49.7 Å². The number of carboxylic acid groups (broad SMARTS) is 1. The van der Waals surface area contributed by atoms with Gasteiger partial charge in [-0.15, -0.1) is 0 Å². The van der Waals surface area contributed by atoms with Crippen LogP contribution in [0, 0.1) is 6.92 Å². The molecule has 5 nitrogen and oxygen atoms in total. The molecule has 23 heavy (non-hydrogen) atoms. The first-order valence-electron chi connectivity index (χ1n) is 6.94. The van der Waals surface area contributed by atoms with E-state index in [9.17, 15) is 9.59 Å². The molecule has 0 saturated carbocycles. The predicted molar refractivity (Wildman–Crippen MR) is 88.3 cm³/mol. The van der Waals surface area contributed by atoms with Crippen molar-refractivity contribution >= 4 is 29.2 Å². The highest BCUT2D eigenvalue weighted by Gasteiger charge is 2.18. The molecule has 1 amide bonds. The van der Waals surface area contributed by atoms with E-state index in [0.29, 0.717) is 10.8 Å². The lowest BCUT2D eigenvalue weighted by Gasteiger charge is -2.17. The fourth-order valence-corrected chi connectivity index (χ4v) is 2.23. The van der Waals surface area contributed by atoms with Crippen molar-refractivity contribution in [1.29, 1.82) is 0 Å². The maximum Gasteiger partial charge on any atom is 0.337 e. The SMILES string of the molecule is Cc1cc(Cl)ccc1OC(C)C(=O)Nc1ccccc1C(=O)O. The topological polar surface area (TPSA) is 75.6 Å². The molecular formula is C17H16ClNO4. The van der Waals surface area contributed by atoms with Crippen molar-refractivity contribution in [2.24, 2.45) is 0 Å². The molecule has 2 rings (SSSR count). The molecule has 0 heterocycles. The van der Waals surface area contributed by atoms with Gasteiger partial charge in [-0.1, -0.05) is 23.7 Å². The standard InChI is InChI=1S/C17H16ClNO4/c1-10-9-12(18)7-8-15(10)23-11(2)16(20)19-14-6-4-3-5-13(14)17(21)22/h3-9,11H,1-2H3,(H,19,20)(H,21,22). The number of aryl methyl sites for hydroxylation is 1. The van der Waals surface area contributed by atoms with Crippen molar-refractivity contribution in [2.75, 3.05) is 5.32 Å². The molecule has 0 aliphatic heterocycles. The molecule has 0 bridgehead atoms. The second-order valence-corrected chi connectivity index (χ2v) is 5.45. The third-order valence-corrected chi connectivity index (χ3v) is 3.46. The summed E-state index contributed by atoms with van der Waals surface area (Å²) in [5.74, 6) is -1.00. The highest BCUT2D eigenvalue weighted by Crippen LogP contribution is 2.23. The Morgan fingerprint density at radius 1 is 1.22 bits per heavy atom. The lowest BCUT2D eigenvalue weighted by molar-refractivity contribution is -0.122. The third-order valence-electron chi connectivity index (χ3n) is 3.23. The Morgan fingerprint density at radius 2 is 1.91 bits per heavy atom. The molecule has 2 aromatic carbocycles. The number of nitrogens with one attached hydrogen (secondary N) is 1. The Morgan fingerprint density at radius 3 is 2.57 bits per heavy atom. The van der Waals surface area contributed by atoms with Crippen molar-refractivity contribution in [1.82, 2.24) is 0 Å². The summed E-state index contributed by atoms with van der Waals surface area (Å²) < 4.78 is 5.62. The van der Waals surface area contributed by atoms with Gasteiger partial charge >= 0.3 is 5.97 Å². The number of hydrogen-bond donors (Lipinski definition) is 2. The molecule has 120 valence electrons. The number of carbonyl (C=O) groups excluding carboxylic acids is 1. The first-order chi connectivity index (χ1) is 10.9. The maximum absolute atomic E-state index is 12.2. The molecule has 0 fully saturated rings. The lowest BCUT2D eigenvalue weighted by Crippen LogP contribution is -2.31. The van der Waals surface area contributed by atoms with Gasteiger partial charge in [-0.25, -0.2) is 4.79 Å². The number of aromatic carboxylic acids is 1. The number of halogens is 1. The number of ether oxygens (including phenoxy) is 1. The van der Waals surface area contributed by atoms with Crippen LogP contribution < -0.4 is 10.1 Å². The van der Waals surface area contributed by atoms with Crippen LogP contribution in [-0.4, -0.2) is 23.1 Å². The Kier molecular flexibility index (Phi) is 5.24. The summed E-state index contributed by atoms with van der Waals surface area (Å²) in [6, 6.07) is 11.3. The van der Waals surface area contributed by atoms with E-state index in [1.54, 1.807) is 37.3 Å².